The maximum absolute atomic E-state index is 5.92. The Bertz CT molecular complexity index is 621. The fourth-order valence-corrected chi connectivity index (χ4v) is 2.56. The molecule has 0 spiro atoms. The van der Waals surface area contributed by atoms with Gasteiger partial charge in [-0.3, -0.25) is 0 Å². The highest BCUT2D eigenvalue weighted by Crippen LogP contribution is 2.33. The Labute approximate surface area is 141 Å². The van der Waals surface area contributed by atoms with Crippen LogP contribution in [0.4, 0.5) is 0 Å². The van der Waals surface area contributed by atoms with E-state index in [1.807, 2.05) is 24.3 Å². The molecule has 6 heteroatoms. The minimum absolute atomic E-state index is 0.588. The van der Waals surface area contributed by atoms with Gasteiger partial charge >= 0.3 is 0 Å². The van der Waals surface area contributed by atoms with E-state index in [4.69, 9.17) is 9.47 Å². The van der Waals surface area contributed by atoms with Crippen LogP contribution in [0.3, 0.4) is 0 Å². The third-order valence-corrected chi connectivity index (χ3v) is 3.86. The van der Waals surface area contributed by atoms with Crippen molar-refractivity contribution in [1.29, 1.82) is 0 Å². The molecule has 0 atom stereocenters. The van der Waals surface area contributed by atoms with Gasteiger partial charge in [-0.25, -0.2) is 4.98 Å². The maximum atomic E-state index is 5.92. The van der Waals surface area contributed by atoms with E-state index < -0.39 is 0 Å². The summed E-state index contributed by atoms with van der Waals surface area (Å²) in [4.78, 5) is 4.35. The lowest BCUT2D eigenvalue weighted by molar-refractivity contribution is 0.410. The zero-order valence-electron chi connectivity index (χ0n) is 11.8. The van der Waals surface area contributed by atoms with Gasteiger partial charge in [0.1, 0.15) is 11.5 Å². The van der Waals surface area contributed by atoms with E-state index in [1.165, 1.54) is 0 Å². The number of aromatic nitrogens is 1. The largest absolute Gasteiger partial charge is 0.497 e. The van der Waals surface area contributed by atoms with E-state index >= 15 is 0 Å². The van der Waals surface area contributed by atoms with Gasteiger partial charge in [0.05, 0.1) is 11.6 Å². The number of nitrogens with one attached hydrogen (secondary N) is 1. The van der Waals surface area contributed by atoms with Crippen LogP contribution in [0.1, 0.15) is 12.5 Å². The van der Waals surface area contributed by atoms with Crippen LogP contribution in [-0.2, 0) is 6.54 Å². The zero-order chi connectivity index (χ0) is 15.2. The Morgan fingerprint density at radius 1 is 1.24 bits per heavy atom. The smallest absolute Gasteiger partial charge is 0.223 e. The van der Waals surface area contributed by atoms with Gasteiger partial charge in [0.15, 0.2) is 0 Å². The second-order valence-corrected chi connectivity index (χ2v) is 6.07. The summed E-state index contributed by atoms with van der Waals surface area (Å²) in [5.41, 5.74) is 0.994. The Hall–Kier alpha value is -1.11. The van der Waals surface area contributed by atoms with Gasteiger partial charge in [0.2, 0.25) is 5.88 Å². The van der Waals surface area contributed by atoms with Gasteiger partial charge in [-0.2, -0.15) is 0 Å². The van der Waals surface area contributed by atoms with Crippen molar-refractivity contribution in [3.05, 3.63) is 45.0 Å². The molecule has 0 aliphatic rings. The predicted octanol–water partition coefficient (Wildman–Crippen LogP) is 4.52. The minimum atomic E-state index is 0.588. The van der Waals surface area contributed by atoms with Crippen LogP contribution in [0.25, 0.3) is 0 Å². The van der Waals surface area contributed by atoms with E-state index in [0.29, 0.717) is 18.2 Å². The topological polar surface area (TPSA) is 43.4 Å². The number of rotatable bonds is 6. The molecule has 1 aromatic carbocycles. The van der Waals surface area contributed by atoms with Gasteiger partial charge in [-0.15, -0.1) is 0 Å². The standard InChI is InChI=1S/C15H16Br2N2O2/c1-3-18-8-10-6-11(16)9-19-15(10)21-14-5-4-12(20-2)7-13(14)17/h4-7,9,18H,3,8H2,1-2H3. The van der Waals surface area contributed by atoms with Crippen molar-refractivity contribution in [2.24, 2.45) is 0 Å². The first-order valence-electron chi connectivity index (χ1n) is 6.50. The normalized spacial score (nSPS) is 10.5. The fraction of sp³-hybridized carbons (Fsp3) is 0.267. The lowest BCUT2D eigenvalue weighted by Crippen LogP contribution is -2.13. The summed E-state index contributed by atoms with van der Waals surface area (Å²) in [7, 11) is 1.63. The third kappa shape index (κ3) is 4.43. The van der Waals surface area contributed by atoms with Crippen molar-refractivity contribution in [3.63, 3.8) is 0 Å². The van der Waals surface area contributed by atoms with Crippen molar-refractivity contribution < 1.29 is 9.47 Å². The Morgan fingerprint density at radius 3 is 2.71 bits per heavy atom. The highest BCUT2D eigenvalue weighted by atomic mass is 79.9. The van der Waals surface area contributed by atoms with E-state index in [-0.39, 0.29) is 0 Å². The van der Waals surface area contributed by atoms with Gasteiger partial charge in [0.25, 0.3) is 0 Å². The maximum Gasteiger partial charge on any atom is 0.223 e. The monoisotopic (exact) mass is 414 g/mol. The molecule has 0 unspecified atom stereocenters. The van der Waals surface area contributed by atoms with Gasteiger partial charge in [-0.05, 0) is 62.7 Å². The van der Waals surface area contributed by atoms with Crippen molar-refractivity contribution in [3.8, 4) is 17.4 Å². The van der Waals surface area contributed by atoms with Crippen LogP contribution in [0.2, 0.25) is 0 Å². The molecule has 0 saturated heterocycles. The molecule has 2 aromatic rings. The van der Waals surface area contributed by atoms with Crippen molar-refractivity contribution in [2.45, 2.75) is 13.5 Å². The molecule has 0 bridgehead atoms. The molecule has 0 saturated carbocycles. The number of ether oxygens (including phenoxy) is 2. The SMILES string of the molecule is CCNCc1cc(Br)cnc1Oc1ccc(OC)cc1Br. The number of nitrogens with zero attached hydrogens (tertiary/aromatic N) is 1. The van der Waals surface area contributed by atoms with Gasteiger partial charge < -0.3 is 14.8 Å². The average molecular weight is 416 g/mol. The average Bonchev–Trinajstić information content (AvgIpc) is 2.49. The Balaban J connectivity index is 2.26. The zero-order valence-corrected chi connectivity index (χ0v) is 15.0. The number of hydrogen-bond donors (Lipinski definition) is 1. The van der Waals surface area contributed by atoms with E-state index in [0.717, 1.165) is 26.8 Å². The Morgan fingerprint density at radius 2 is 2.05 bits per heavy atom. The molecule has 2 rings (SSSR count). The highest BCUT2D eigenvalue weighted by Gasteiger charge is 2.10. The van der Waals surface area contributed by atoms with Crippen molar-refractivity contribution in [1.82, 2.24) is 10.3 Å². The molecular formula is C15H16Br2N2O2. The van der Waals surface area contributed by atoms with Crippen LogP contribution >= 0.6 is 31.9 Å². The summed E-state index contributed by atoms with van der Waals surface area (Å²) in [5, 5.41) is 3.28. The summed E-state index contributed by atoms with van der Waals surface area (Å²) in [6.45, 7) is 3.65. The first-order chi connectivity index (χ1) is 10.1. The molecule has 0 radical (unpaired) electrons. The first kappa shape index (κ1) is 16.3. The lowest BCUT2D eigenvalue weighted by Gasteiger charge is -2.12. The fourth-order valence-electron chi connectivity index (χ4n) is 1.74. The number of hydrogen-bond acceptors (Lipinski definition) is 4. The minimum Gasteiger partial charge on any atom is -0.497 e. The van der Waals surface area contributed by atoms with Gasteiger partial charge in [0, 0.05) is 22.8 Å². The summed E-state index contributed by atoms with van der Waals surface area (Å²) >= 11 is 6.91. The number of pyridine rings is 1. The van der Waals surface area contributed by atoms with Crippen LogP contribution < -0.4 is 14.8 Å². The molecule has 21 heavy (non-hydrogen) atoms. The quantitative estimate of drug-likeness (QED) is 0.753. The van der Waals surface area contributed by atoms with Crippen LogP contribution in [0.15, 0.2) is 39.4 Å². The molecule has 0 fully saturated rings. The van der Waals surface area contributed by atoms with E-state index in [2.05, 4.69) is 49.1 Å². The Kier molecular flexibility index (Phi) is 6.02. The first-order valence-corrected chi connectivity index (χ1v) is 8.09. The van der Waals surface area contributed by atoms with Crippen molar-refractivity contribution in [2.75, 3.05) is 13.7 Å². The third-order valence-electron chi connectivity index (χ3n) is 2.80. The van der Waals surface area contributed by atoms with Crippen LogP contribution in [0, 0.1) is 0 Å². The molecule has 1 N–H and O–H groups in total. The molecule has 112 valence electrons. The van der Waals surface area contributed by atoms with Crippen LogP contribution in [0.5, 0.6) is 17.4 Å². The molecular weight excluding hydrogens is 400 g/mol. The van der Waals surface area contributed by atoms with E-state index in [9.17, 15) is 0 Å². The summed E-state index contributed by atoms with van der Waals surface area (Å²) < 4.78 is 12.8. The van der Waals surface area contributed by atoms with Gasteiger partial charge in [-0.1, -0.05) is 6.92 Å². The highest BCUT2D eigenvalue weighted by molar-refractivity contribution is 9.10. The molecule has 1 aromatic heterocycles. The predicted molar refractivity (Wildman–Crippen MR) is 90.1 cm³/mol. The summed E-state index contributed by atoms with van der Waals surface area (Å²) in [6, 6.07) is 7.56. The second-order valence-electron chi connectivity index (χ2n) is 4.30. The summed E-state index contributed by atoms with van der Waals surface area (Å²) in [5.74, 6) is 2.05. The second kappa shape index (κ2) is 7.77. The number of methoxy groups -OCH3 is 1. The van der Waals surface area contributed by atoms with Crippen molar-refractivity contribution >= 4 is 31.9 Å². The molecule has 0 aliphatic heterocycles. The summed E-state index contributed by atoms with van der Waals surface area (Å²) in [6.07, 6.45) is 1.72. The molecule has 0 amide bonds. The molecule has 0 aliphatic carbocycles. The van der Waals surface area contributed by atoms with Crippen LogP contribution in [-0.4, -0.2) is 18.6 Å². The molecule has 1 heterocycles. The lowest BCUT2D eigenvalue weighted by atomic mass is 10.2. The number of halogens is 2. The molecule has 4 nitrogen and oxygen atoms in total. The van der Waals surface area contributed by atoms with E-state index in [1.54, 1.807) is 13.3 Å². The number of benzene rings is 1.